The van der Waals surface area contributed by atoms with Gasteiger partial charge in [-0.2, -0.15) is 0 Å². The molecule has 0 aliphatic carbocycles. The molecule has 1 N–H and O–H groups in total. The first-order chi connectivity index (χ1) is 11.7. The molecule has 6 nitrogen and oxygen atoms in total. The Morgan fingerprint density at radius 2 is 2.04 bits per heavy atom. The summed E-state index contributed by atoms with van der Waals surface area (Å²) in [6.07, 6.45) is 0.0551. The number of rotatable bonds is 5. The summed E-state index contributed by atoms with van der Waals surface area (Å²) in [5, 5.41) is 3.18. The molecule has 0 bridgehead atoms. The lowest BCUT2D eigenvalue weighted by Gasteiger charge is -2.30. The number of nitrogens with zero attached hydrogens (tertiary/aromatic N) is 2. The zero-order chi connectivity index (χ0) is 16.9. The maximum Gasteiger partial charge on any atom is 0.253 e. The summed E-state index contributed by atoms with van der Waals surface area (Å²) in [5.41, 5.74) is 1.71. The normalized spacial score (nSPS) is 25.0. The number of hydrogen-bond donors (Lipinski definition) is 1. The number of anilines is 1. The summed E-state index contributed by atoms with van der Waals surface area (Å²) in [6.45, 7) is 7.36. The Hall–Kier alpha value is -1.63. The van der Waals surface area contributed by atoms with Crippen LogP contribution in [0.3, 0.4) is 0 Å². The maximum absolute atomic E-state index is 12.9. The van der Waals surface area contributed by atoms with Crippen LogP contribution in [0.2, 0.25) is 0 Å². The number of para-hydroxylation sites is 1. The fraction of sp³-hybridized carbons (Fsp3) is 0.611. The van der Waals surface area contributed by atoms with Crippen molar-refractivity contribution in [2.45, 2.75) is 19.1 Å². The highest BCUT2D eigenvalue weighted by Crippen LogP contribution is 2.22. The molecule has 2 aliphatic heterocycles. The van der Waals surface area contributed by atoms with Gasteiger partial charge in [0.1, 0.15) is 0 Å². The van der Waals surface area contributed by atoms with E-state index in [0.29, 0.717) is 19.8 Å². The van der Waals surface area contributed by atoms with Crippen LogP contribution in [0.5, 0.6) is 0 Å². The second-order valence-electron chi connectivity index (χ2n) is 6.41. The lowest BCUT2D eigenvalue weighted by atomic mass is 10.1. The van der Waals surface area contributed by atoms with Crippen molar-refractivity contribution in [2.75, 3.05) is 57.9 Å². The van der Waals surface area contributed by atoms with Crippen molar-refractivity contribution < 1.29 is 14.3 Å². The van der Waals surface area contributed by atoms with Crippen molar-refractivity contribution in [3.05, 3.63) is 29.8 Å². The number of likely N-dealkylation sites (N-methyl/N-ethyl adjacent to an activating group) is 1. The molecule has 24 heavy (non-hydrogen) atoms. The second kappa shape index (κ2) is 7.96. The van der Waals surface area contributed by atoms with E-state index in [2.05, 4.69) is 22.2 Å². The number of hydrogen-bond acceptors (Lipinski definition) is 5. The molecule has 1 aromatic rings. The summed E-state index contributed by atoms with van der Waals surface area (Å²) >= 11 is 0. The van der Waals surface area contributed by atoms with Crippen molar-refractivity contribution in [3.63, 3.8) is 0 Å². The number of likely N-dealkylation sites (tertiary alicyclic amines) is 1. The minimum absolute atomic E-state index is 0.0258. The highest BCUT2D eigenvalue weighted by atomic mass is 16.5. The number of ether oxygens (including phenoxy) is 2. The van der Waals surface area contributed by atoms with Crippen LogP contribution in [0.1, 0.15) is 17.3 Å². The number of benzene rings is 1. The van der Waals surface area contributed by atoms with Gasteiger partial charge in [-0.1, -0.05) is 12.1 Å². The van der Waals surface area contributed by atoms with Gasteiger partial charge in [0.05, 0.1) is 30.9 Å². The molecule has 0 spiro atoms. The third kappa shape index (κ3) is 3.88. The first-order valence-corrected chi connectivity index (χ1v) is 8.71. The predicted molar refractivity (Wildman–Crippen MR) is 93.6 cm³/mol. The molecule has 2 heterocycles. The first kappa shape index (κ1) is 17.2. The Kier molecular flexibility index (Phi) is 5.71. The SMILES string of the molecule is CCO[C@H]1CN(C)C[C@@H]1NC(=O)c1ccccc1N1CCOCC1. The fourth-order valence-electron chi connectivity index (χ4n) is 3.48. The van der Waals surface area contributed by atoms with Crippen molar-refractivity contribution >= 4 is 11.6 Å². The van der Waals surface area contributed by atoms with Gasteiger partial charge in [-0.3, -0.25) is 4.79 Å². The molecule has 1 aromatic carbocycles. The minimum Gasteiger partial charge on any atom is -0.378 e. The van der Waals surface area contributed by atoms with Gasteiger partial charge in [0.25, 0.3) is 5.91 Å². The predicted octanol–water partition coefficient (Wildman–Crippen LogP) is 0.972. The van der Waals surface area contributed by atoms with E-state index in [1.807, 2.05) is 31.2 Å². The van der Waals surface area contributed by atoms with Crippen LogP contribution in [-0.4, -0.2) is 76.0 Å². The van der Waals surface area contributed by atoms with Crippen LogP contribution in [0.25, 0.3) is 0 Å². The lowest BCUT2D eigenvalue weighted by molar-refractivity contribution is 0.0513. The molecule has 0 aromatic heterocycles. The summed E-state index contributed by atoms with van der Waals surface area (Å²) < 4.78 is 11.2. The Morgan fingerprint density at radius 3 is 2.79 bits per heavy atom. The van der Waals surface area contributed by atoms with Gasteiger partial charge in [-0.25, -0.2) is 0 Å². The highest BCUT2D eigenvalue weighted by molar-refractivity contribution is 6.00. The Morgan fingerprint density at radius 1 is 1.29 bits per heavy atom. The molecular weight excluding hydrogens is 306 g/mol. The van der Waals surface area contributed by atoms with Gasteiger partial charge < -0.3 is 24.6 Å². The number of carbonyl (C=O) groups is 1. The van der Waals surface area contributed by atoms with Crippen molar-refractivity contribution in [3.8, 4) is 0 Å². The number of carbonyl (C=O) groups excluding carboxylic acids is 1. The van der Waals surface area contributed by atoms with Gasteiger partial charge in [0, 0.05) is 38.5 Å². The van der Waals surface area contributed by atoms with Crippen molar-refractivity contribution in [2.24, 2.45) is 0 Å². The molecule has 2 aliphatic rings. The van der Waals surface area contributed by atoms with Gasteiger partial charge in [-0.15, -0.1) is 0 Å². The smallest absolute Gasteiger partial charge is 0.253 e. The van der Waals surface area contributed by atoms with Crippen molar-refractivity contribution in [1.29, 1.82) is 0 Å². The Balaban J connectivity index is 1.73. The minimum atomic E-state index is -0.0258. The molecule has 0 saturated carbocycles. The molecule has 2 saturated heterocycles. The average molecular weight is 333 g/mol. The molecular formula is C18H27N3O3. The van der Waals surface area contributed by atoms with Gasteiger partial charge in [0.15, 0.2) is 0 Å². The first-order valence-electron chi connectivity index (χ1n) is 8.71. The topological polar surface area (TPSA) is 54.0 Å². The van der Waals surface area contributed by atoms with Crippen LogP contribution >= 0.6 is 0 Å². The third-order valence-electron chi connectivity index (χ3n) is 4.65. The number of nitrogens with one attached hydrogen (secondary N) is 1. The van der Waals surface area contributed by atoms with Crippen LogP contribution in [0.4, 0.5) is 5.69 Å². The second-order valence-corrected chi connectivity index (χ2v) is 6.41. The van der Waals surface area contributed by atoms with E-state index in [1.165, 1.54) is 0 Å². The Labute approximate surface area is 143 Å². The summed E-state index contributed by atoms with van der Waals surface area (Å²) in [5.74, 6) is -0.0258. The van der Waals surface area contributed by atoms with Crippen LogP contribution < -0.4 is 10.2 Å². The third-order valence-corrected chi connectivity index (χ3v) is 4.65. The quantitative estimate of drug-likeness (QED) is 0.870. The maximum atomic E-state index is 12.9. The van der Waals surface area contributed by atoms with Gasteiger partial charge in [-0.05, 0) is 26.1 Å². The zero-order valence-electron chi connectivity index (χ0n) is 14.5. The largest absolute Gasteiger partial charge is 0.378 e. The van der Waals surface area contributed by atoms with E-state index in [4.69, 9.17) is 9.47 Å². The number of amides is 1. The van der Waals surface area contributed by atoms with Crippen LogP contribution in [-0.2, 0) is 9.47 Å². The van der Waals surface area contributed by atoms with E-state index in [9.17, 15) is 4.79 Å². The molecule has 1 amide bonds. The van der Waals surface area contributed by atoms with Gasteiger partial charge in [0.2, 0.25) is 0 Å². The van der Waals surface area contributed by atoms with E-state index in [0.717, 1.165) is 37.4 Å². The monoisotopic (exact) mass is 333 g/mol. The zero-order valence-corrected chi connectivity index (χ0v) is 14.5. The lowest BCUT2D eigenvalue weighted by Crippen LogP contribution is -2.45. The van der Waals surface area contributed by atoms with E-state index < -0.39 is 0 Å². The number of morpholine rings is 1. The van der Waals surface area contributed by atoms with E-state index in [1.54, 1.807) is 0 Å². The molecule has 0 radical (unpaired) electrons. The molecule has 0 unspecified atom stereocenters. The summed E-state index contributed by atoms with van der Waals surface area (Å²) in [6, 6.07) is 7.84. The van der Waals surface area contributed by atoms with E-state index >= 15 is 0 Å². The average Bonchev–Trinajstić information content (AvgIpc) is 2.95. The van der Waals surface area contributed by atoms with Gasteiger partial charge >= 0.3 is 0 Å². The molecule has 2 atom stereocenters. The van der Waals surface area contributed by atoms with Crippen molar-refractivity contribution in [1.82, 2.24) is 10.2 Å². The molecule has 2 fully saturated rings. The van der Waals surface area contributed by atoms with Crippen LogP contribution in [0, 0.1) is 0 Å². The standard InChI is InChI=1S/C18H27N3O3/c1-3-24-17-13-20(2)12-15(17)19-18(22)14-6-4-5-7-16(14)21-8-10-23-11-9-21/h4-7,15,17H,3,8-13H2,1-2H3,(H,19,22)/t15-,17-/m0/s1. The molecule has 132 valence electrons. The van der Waals surface area contributed by atoms with Crippen LogP contribution in [0.15, 0.2) is 24.3 Å². The fourth-order valence-corrected chi connectivity index (χ4v) is 3.48. The van der Waals surface area contributed by atoms with E-state index in [-0.39, 0.29) is 18.1 Å². The highest BCUT2D eigenvalue weighted by Gasteiger charge is 2.33. The Bertz CT molecular complexity index is 560. The molecule has 6 heteroatoms. The summed E-state index contributed by atoms with van der Waals surface area (Å²) in [7, 11) is 2.06. The molecule has 3 rings (SSSR count). The summed E-state index contributed by atoms with van der Waals surface area (Å²) in [4.78, 5) is 17.3.